The van der Waals surface area contributed by atoms with Gasteiger partial charge in [0.25, 0.3) is 0 Å². The summed E-state index contributed by atoms with van der Waals surface area (Å²) < 4.78 is 0. The van der Waals surface area contributed by atoms with E-state index in [9.17, 15) is 4.79 Å². The van der Waals surface area contributed by atoms with Gasteiger partial charge < -0.3 is 10.4 Å². The second-order valence-electron chi connectivity index (χ2n) is 6.22. The highest BCUT2D eigenvalue weighted by Gasteiger charge is 2.07. The number of nitrogens with one attached hydrogen (secondary N) is 1. The number of hydrogen-bond acceptors (Lipinski definition) is 2. The van der Waals surface area contributed by atoms with Crippen LogP contribution in [0.2, 0.25) is 0 Å². The van der Waals surface area contributed by atoms with E-state index >= 15 is 0 Å². The molecule has 0 aliphatic carbocycles. The molecule has 0 aromatic rings. The van der Waals surface area contributed by atoms with Gasteiger partial charge in [0, 0.05) is 0 Å². The van der Waals surface area contributed by atoms with Crippen LogP contribution in [-0.4, -0.2) is 23.7 Å². The largest absolute Gasteiger partial charge is 0.480 e. The SMILES string of the molecule is CC/C=C\C/C=C\C/C=C\CCCCCCCCN[C@@H](C)C(=O)O. The van der Waals surface area contributed by atoms with Crippen LogP contribution in [0.1, 0.15) is 78.1 Å². The van der Waals surface area contributed by atoms with Crippen molar-refractivity contribution >= 4 is 5.97 Å². The van der Waals surface area contributed by atoms with Gasteiger partial charge in [-0.05, 0) is 52.0 Å². The minimum Gasteiger partial charge on any atom is -0.480 e. The van der Waals surface area contributed by atoms with Crippen LogP contribution in [0, 0.1) is 0 Å². The van der Waals surface area contributed by atoms with Crippen molar-refractivity contribution in [2.75, 3.05) is 6.54 Å². The fourth-order valence-corrected chi connectivity index (χ4v) is 2.33. The number of carboxylic acid groups (broad SMARTS) is 1. The van der Waals surface area contributed by atoms with Crippen LogP contribution >= 0.6 is 0 Å². The van der Waals surface area contributed by atoms with Gasteiger partial charge in [-0.1, -0.05) is 69.1 Å². The second-order valence-corrected chi connectivity index (χ2v) is 6.22. The molecule has 0 aromatic heterocycles. The van der Waals surface area contributed by atoms with E-state index in [0.717, 1.165) is 32.2 Å². The molecule has 24 heavy (non-hydrogen) atoms. The number of unbranched alkanes of at least 4 members (excludes halogenated alkanes) is 6. The van der Waals surface area contributed by atoms with Crippen LogP contribution in [0.25, 0.3) is 0 Å². The third kappa shape index (κ3) is 17.0. The van der Waals surface area contributed by atoms with Crippen molar-refractivity contribution < 1.29 is 9.90 Å². The number of carboxylic acids is 1. The Kier molecular flexibility index (Phi) is 17.0. The molecule has 0 aromatic carbocycles. The molecule has 0 fully saturated rings. The summed E-state index contributed by atoms with van der Waals surface area (Å²) in [5, 5.41) is 11.8. The van der Waals surface area contributed by atoms with E-state index in [1.807, 2.05) is 0 Å². The average molecular weight is 336 g/mol. The van der Waals surface area contributed by atoms with Crippen molar-refractivity contribution in [2.45, 2.75) is 84.1 Å². The Morgan fingerprint density at radius 2 is 1.42 bits per heavy atom. The van der Waals surface area contributed by atoms with Gasteiger partial charge in [-0.3, -0.25) is 4.79 Å². The van der Waals surface area contributed by atoms with Crippen molar-refractivity contribution in [1.82, 2.24) is 5.32 Å². The van der Waals surface area contributed by atoms with Crippen LogP contribution < -0.4 is 5.32 Å². The maximum Gasteiger partial charge on any atom is 0.320 e. The van der Waals surface area contributed by atoms with E-state index in [1.165, 1.54) is 38.5 Å². The zero-order valence-electron chi connectivity index (χ0n) is 15.7. The maximum absolute atomic E-state index is 10.6. The Labute approximate surface area is 148 Å². The molecule has 0 rings (SSSR count). The Balaban J connectivity index is 3.26. The first kappa shape index (κ1) is 22.6. The van der Waals surface area contributed by atoms with E-state index in [1.54, 1.807) is 6.92 Å². The fourth-order valence-electron chi connectivity index (χ4n) is 2.33. The van der Waals surface area contributed by atoms with Crippen LogP contribution in [0.15, 0.2) is 36.5 Å². The first-order chi connectivity index (χ1) is 11.7. The maximum atomic E-state index is 10.6. The molecule has 3 nitrogen and oxygen atoms in total. The van der Waals surface area contributed by atoms with Gasteiger partial charge in [-0.25, -0.2) is 0 Å². The predicted octanol–water partition coefficient (Wildman–Crippen LogP) is 5.64. The van der Waals surface area contributed by atoms with Gasteiger partial charge in [-0.15, -0.1) is 0 Å². The first-order valence-corrected chi connectivity index (χ1v) is 9.59. The minimum absolute atomic E-state index is 0.431. The van der Waals surface area contributed by atoms with Gasteiger partial charge >= 0.3 is 5.97 Å². The molecular formula is C21H37NO2. The zero-order valence-corrected chi connectivity index (χ0v) is 15.7. The van der Waals surface area contributed by atoms with Gasteiger partial charge in [0.2, 0.25) is 0 Å². The van der Waals surface area contributed by atoms with Crippen molar-refractivity contribution in [3.63, 3.8) is 0 Å². The summed E-state index contributed by atoms with van der Waals surface area (Å²) in [6, 6.07) is -0.431. The van der Waals surface area contributed by atoms with E-state index in [4.69, 9.17) is 5.11 Å². The second kappa shape index (κ2) is 18.0. The zero-order chi connectivity index (χ0) is 17.9. The Bertz CT molecular complexity index is 372. The fraction of sp³-hybridized carbons (Fsp3) is 0.667. The molecule has 0 spiro atoms. The third-order valence-corrected chi connectivity index (χ3v) is 3.90. The van der Waals surface area contributed by atoms with Crippen molar-refractivity contribution in [2.24, 2.45) is 0 Å². The number of allylic oxidation sites excluding steroid dienone is 6. The van der Waals surface area contributed by atoms with E-state index in [-0.39, 0.29) is 0 Å². The Hall–Kier alpha value is -1.35. The van der Waals surface area contributed by atoms with E-state index in [2.05, 4.69) is 48.7 Å². The van der Waals surface area contributed by atoms with Gasteiger partial charge in [-0.2, -0.15) is 0 Å². The summed E-state index contributed by atoms with van der Waals surface area (Å²) in [5.41, 5.74) is 0. The summed E-state index contributed by atoms with van der Waals surface area (Å²) in [6.45, 7) is 4.65. The molecule has 3 heteroatoms. The molecule has 1 atom stereocenters. The molecule has 0 saturated heterocycles. The third-order valence-electron chi connectivity index (χ3n) is 3.90. The van der Waals surface area contributed by atoms with Gasteiger partial charge in [0.05, 0.1) is 0 Å². The summed E-state index contributed by atoms with van der Waals surface area (Å²) in [7, 11) is 0. The van der Waals surface area contributed by atoms with Crippen molar-refractivity contribution in [1.29, 1.82) is 0 Å². The highest BCUT2D eigenvalue weighted by molar-refractivity contribution is 5.72. The molecule has 0 radical (unpaired) electrons. The standard InChI is InChI=1S/C21H37NO2/c1-3-4-5-6-7-8-9-10-11-12-13-14-15-16-17-18-19-22-20(2)21(23)24/h4-5,7-8,10-11,20,22H,3,6,9,12-19H2,1-2H3,(H,23,24)/b5-4-,8-7-,11-10-/t20-/m0/s1. The van der Waals surface area contributed by atoms with E-state index in [0.29, 0.717) is 0 Å². The molecule has 0 saturated carbocycles. The van der Waals surface area contributed by atoms with E-state index < -0.39 is 12.0 Å². The van der Waals surface area contributed by atoms with Crippen LogP contribution in [0.5, 0.6) is 0 Å². The average Bonchev–Trinajstić information content (AvgIpc) is 2.57. The molecule has 0 unspecified atom stereocenters. The molecule has 2 N–H and O–H groups in total. The summed E-state index contributed by atoms with van der Waals surface area (Å²) >= 11 is 0. The van der Waals surface area contributed by atoms with Crippen LogP contribution in [0.4, 0.5) is 0 Å². The highest BCUT2D eigenvalue weighted by Crippen LogP contribution is 2.07. The van der Waals surface area contributed by atoms with Gasteiger partial charge in [0.1, 0.15) is 6.04 Å². The lowest BCUT2D eigenvalue weighted by Gasteiger charge is -2.08. The summed E-state index contributed by atoms with van der Waals surface area (Å²) in [5.74, 6) is -0.771. The van der Waals surface area contributed by atoms with Crippen molar-refractivity contribution in [3.05, 3.63) is 36.5 Å². The molecule has 0 aliphatic heterocycles. The lowest BCUT2D eigenvalue weighted by molar-refractivity contribution is -0.138. The number of aliphatic carboxylic acids is 1. The smallest absolute Gasteiger partial charge is 0.320 e. The molecule has 0 aliphatic rings. The predicted molar refractivity (Wildman–Crippen MR) is 104 cm³/mol. The highest BCUT2D eigenvalue weighted by atomic mass is 16.4. The molecule has 0 bridgehead atoms. The minimum atomic E-state index is -0.771. The molecule has 138 valence electrons. The number of hydrogen-bond donors (Lipinski definition) is 2. The molecular weight excluding hydrogens is 298 g/mol. The van der Waals surface area contributed by atoms with Crippen molar-refractivity contribution in [3.8, 4) is 0 Å². The van der Waals surface area contributed by atoms with Crippen LogP contribution in [0.3, 0.4) is 0 Å². The Morgan fingerprint density at radius 3 is 2.04 bits per heavy atom. The number of carbonyl (C=O) groups is 1. The number of rotatable bonds is 16. The first-order valence-electron chi connectivity index (χ1n) is 9.59. The monoisotopic (exact) mass is 335 g/mol. The topological polar surface area (TPSA) is 49.3 Å². The quantitative estimate of drug-likeness (QED) is 0.283. The lowest BCUT2D eigenvalue weighted by Crippen LogP contribution is -2.34. The Morgan fingerprint density at radius 1 is 0.875 bits per heavy atom. The lowest BCUT2D eigenvalue weighted by atomic mass is 10.1. The molecule has 0 heterocycles. The van der Waals surface area contributed by atoms with Gasteiger partial charge in [0.15, 0.2) is 0 Å². The molecule has 0 amide bonds. The summed E-state index contributed by atoms with van der Waals surface area (Å²) in [6.07, 6.45) is 25.2. The van der Waals surface area contributed by atoms with Crippen LogP contribution in [-0.2, 0) is 4.79 Å². The summed E-state index contributed by atoms with van der Waals surface area (Å²) in [4.78, 5) is 10.6. The normalized spacial score (nSPS) is 13.4.